The molecule has 0 fully saturated rings. The molecule has 1 aromatic carbocycles. The van der Waals surface area contributed by atoms with E-state index < -0.39 is 18.0 Å². The van der Waals surface area contributed by atoms with Crippen molar-refractivity contribution in [3.8, 4) is 17.2 Å². The van der Waals surface area contributed by atoms with Gasteiger partial charge in [0.15, 0.2) is 5.69 Å². The van der Waals surface area contributed by atoms with Crippen molar-refractivity contribution in [2.24, 2.45) is 5.18 Å². The van der Waals surface area contributed by atoms with Crippen molar-refractivity contribution in [2.45, 2.75) is 26.9 Å². The second-order valence-corrected chi connectivity index (χ2v) is 5.87. The van der Waals surface area contributed by atoms with Crippen LogP contribution >= 0.6 is 0 Å². The summed E-state index contributed by atoms with van der Waals surface area (Å²) in [6.45, 7) is 4.90. The molecule has 0 unspecified atom stereocenters. The van der Waals surface area contributed by atoms with Gasteiger partial charge in [-0.25, -0.2) is 14.6 Å². The molecule has 2 aromatic rings. The Morgan fingerprint density at radius 3 is 2.48 bits per heavy atom. The van der Waals surface area contributed by atoms with Gasteiger partial charge >= 0.3 is 11.9 Å². The van der Waals surface area contributed by atoms with Crippen molar-refractivity contribution in [1.29, 1.82) is 5.26 Å². The molecule has 0 saturated carbocycles. The lowest BCUT2D eigenvalue weighted by Crippen LogP contribution is -2.19. The third kappa shape index (κ3) is 3.98. The third-order valence-corrected chi connectivity index (χ3v) is 3.66. The molecule has 0 bridgehead atoms. The van der Waals surface area contributed by atoms with Crippen LogP contribution in [0.3, 0.4) is 0 Å². The lowest BCUT2D eigenvalue weighted by molar-refractivity contribution is 0.0377. The summed E-state index contributed by atoms with van der Waals surface area (Å²) >= 11 is 0. The van der Waals surface area contributed by atoms with Crippen molar-refractivity contribution in [2.75, 3.05) is 7.11 Å². The summed E-state index contributed by atoms with van der Waals surface area (Å²) in [5.74, 6) is -1.54. The first-order valence-electron chi connectivity index (χ1n) is 8.01. The van der Waals surface area contributed by atoms with E-state index in [1.165, 1.54) is 19.1 Å². The number of aryl methyl sites for hydroxylation is 1. The Balaban J connectivity index is 2.95. The number of aromatic nitrogens is 1. The summed E-state index contributed by atoms with van der Waals surface area (Å²) in [4.78, 5) is 40.1. The van der Waals surface area contributed by atoms with Crippen molar-refractivity contribution in [1.82, 2.24) is 4.98 Å². The molecule has 0 saturated heterocycles. The summed E-state index contributed by atoms with van der Waals surface area (Å²) in [7, 11) is 1.16. The predicted molar refractivity (Wildman–Crippen MR) is 96.5 cm³/mol. The molecule has 0 spiro atoms. The monoisotopic (exact) mass is 367 g/mol. The van der Waals surface area contributed by atoms with E-state index in [4.69, 9.17) is 9.47 Å². The first-order chi connectivity index (χ1) is 12.8. The van der Waals surface area contributed by atoms with Crippen LogP contribution in [0.25, 0.3) is 11.1 Å². The highest BCUT2D eigenvalue weighted by molar-refractivity contribution is 6.07. The topological polar surface area (TPSA) is 119 Å². The number of nitrogens with zero attached hydrogens (tertiary/aromatic N) is 3. The van der Waals surface area contributed by atoms with E-state index in [1.807, 2.05) is 6.07 Å². The van der Waals surface area contributed by atoms with Crippen LogP contribution in [0.5, 0.6) is 0 Å². The maximum absolute atomic E-state index is 12.7. The molecule has 1 aromatic heterocycles. The van der Waals surface area contributed by atoms with Crippen LogP contribution in [-0.4, -0.2) is 30.1 Å². The largest absolute Gasteiger partial charge is 0.465 e. The fraction of sp³-hybridized carbons (Fsp3) is 0.263. The maximum atomic E-state index is 12.7. The SMILES string of the molecule is COC(=O)c1c(C#N)nc(C)c(C(=O)OC(C)C)c1-c1cccc(N=O)c1. The highest BCUT2D eigenvalue weighted by atomic mass is 16.5. The molecule has 0 amide bonds. The van der Waals surface area contributed by atoms with Crippen LogP contribution in [0.15, 0.2) is 29.4 Å². The predicted octanol–water partition coefficient (Wildman–Crippen LogP) is 3.68. The molecule has 138 valence electrons. The number of rotatable bonds is 5. The molecular formula is C19H17N3O5. The molecule has 0 aliphatic heterocycles. The number of hydrogen-bond donors (Lipinski definition) is 0. The molecule has 0 atom stereocenters. The normalized spacial score (nSPS) is 10.2. The van der Waals surface area contributed by atoms with Gasteiger partial charge in [-0.1, -0.05) is 12.1 Å². The van der Waals surface area contributed by atoms with E-state index in [1.54, 1.807) is 26.0 Å². The number of nitroso groups, excluding NO2 is 1. The molecule has 8 heteroatoms. The number of ether oxygens (including phenoxy) is 2. The lowest BCUT2D eigenvalue weighted by atomic mass is 9.92. The Hall–Kier alpha value is -3.60. The first-order valence-corrected chi connectivity index (χ1v) is 8.01. The van der Waals surface area contributed by atoms with Gasteiger partial charge in [0, 0.05) is 5.56 Å². The van der Waals surface area contributed by atoms with E-state index in [-0.39, 0.29) is 33.8 Å². The summed E-state index contributed by atoms with van der Waals surface area (Å²) in [6, 6.07) is 7.86. The Kier molecular flexibility index (Phi) is 5.98. The highest BCUT2D eigenvalue weighted by Gasteiger charge is 2.29. The van der Waals surface area contributed by atoms with Gasteiger partial charge in [0.05, 0.1) is 24.5 Å². The number of nitriles is 1. The van der Waals surface area contributed by atoms with Crippen molar-refractivity contribution < 1.29 is 19.1 Å². The second-order valence-electron chi connectivity index (χ2n) is 5.87. The fourth-order valence-electron chi connectivity index (χ4n) is 2.62. The van der Waals surface area contributed by atoms with Crippen molar-refractivity contribution >= 4 is 17.6 Å². The van der Waals surface area contributed by atoms with Crippen molar-refractivity contribution in [3.63, 3.8) is 0 Å². The summed E-state index contributed by atoms with van der Waals surface area (Å²) in [5, 5.41) is 12.3. The van der Waals surface area contributed by atoms with Crippen molar-refractivity contribution in [3.05, 3.63) is 51.7 Å². The molecular weight excluding hydrogens is 350 g/mol. The van der Waals surface area contributed by atoms with Gasteiger partial charge in [-0.05, 0) is 43.6 Å². The molecule has 0 radical (unpaired) electrons. The van der Waals surface area contributed by atoms with E-state index in [0.29, 0.717) is 5.56 Å². The Morgan fingerprint density at radius 2 is 1.93 bits per heavy atom. The smallest absolute Gasteiger partial charge is 0.341 e. The molecule has 27 heavy (non-hydrogen) atoms. The zero-order valence-electron chi connectivity index (χ0n) is 15.3. The average molecular weight is 367 g/mol. The summed E-state index contributed by atoms with van der Waals surface area (Å²) in [5.41, 5.74) is 0.409. The van der Waals surface area contributed by atoms with Gasteiger partial charge in [-0.2, -0.15) is 5.26 Å². The number of esters is 2. The van der Waals surface area contributed by atoms with Gasteiger partial charge in [-0.3, -0.25) is 0 Å². The van der Waals surface area contributed by atoms with Crippen LogP contribution in [0.2, 0.25) is 0 Å². The number of carbonyl (C=O) groups is 2. The van der Waals surface area contributed by atoms with Gasteiger partial charge in [-0.15, -0.1) is 4.91 Å². The first kappa shape index (κ1) is 19.7. The fourth-order valence-corrected chi connectivity index (χ4v) is 2.62. The van der Waals surface area contributed by atoms with E-state index in [9.17, 15) is 19.8 Å². The van der Waals surface area contributed by atoms with Crippen LogP contribution in [0.1, 0.15) is 46.0 Å². The number of carbonyl (C=O) groups excluding carboxylic acids is 2. The zero-order chi connectivity index (χ0) is 20.1. The average Bonchev–Trinajstić information content (AvgIpc) is 2.65. The number of pyridine rings is 1. The quantitative estimate of drug-likeness (QED) is 0.584. The third-order valence-electron chi connectivity index (χ3n) is 3.66. The van der Waals surface area contributed by atoms with Crippen LogP contribution in [-0.2, 0) is 9.47 Å². The minimum Gasteiger partial charge on any atom is -0.465 e. The second kappa shape index (κ2) is 8.19. The van der Waals surface area contributed by atoms with Crippen LogP contribution in [0, 0.1) is 23.2 Å². The minimum absolute atomic E-state index is 0.0196. The van der Waals surface area contributed by atoms with E-state index >= 15 is 0 Å². The number of methoxy groups -OCH3 is 1. The van der Waals surface area contributed by atoms with Gasteiger partial charge in [0.1, 0.15) is 17.3 Å². The zero-order valence-corrected chi connectivity index (χ0v) is 15.3. The lowest BCUT2D eigenvalue weighted by Gasteiger charge is -2.17. The molecule has 1 heterocycles. The molecule has 2 rings (SSSR count). The Labute approximate surface area is 155 Å². The van der Waals surface area contributed by atoms with E-state index in [2.05, 4.69) is 10.2 Å². The molecule has 8 nitrogen and oxygen atoms in total. The van der Waals surface area contributed by atoms with Gasteiger partial charge < -0.3 is 9.47 Å². The van der Waals surface area contributed by atoms with Crippen LogP contribution in [0.4, 0.5) is 5.69 Å². The Bertz CT molecular complexity index is 961. The minimum atomic E-state index is -0.836. The van der Waals surface area contributed by atoms with Gasteiger partial charge in [0.25, 0.3) is 0 Å². The molecule has 0 aliphatic carbocycles. The van der Waals surface area contributed by atoms with E-state index in [0.717, 1.165) is 7.11 Å². The Morgan fingerprint density at radius 1 is 1.22 bits per heavy atom. The summed E-state index contributed by atoms with van der Waals surface area (Å²) < 4.78 is 10.1. The van der Waals surface area contributed by atoms with Crippen LogP contribution < -0.4 is 0 Å². The molecule has 0 N–H and O–H groups in total. The number of hydrogen-bond acceptors (Lipinski definition) is 8. The van der Waals surface area contributed by atoms with Gasteiger partial charge in [0.2, 0.25) is 0 Å². The summed E-state index contributed by atoms with van der Waals surface area (Å²) in [6.07, 6.45) is -0.412. The highest BCUT2D eigenvalue weighted by Crippen LogP contribution is 2.34. The standard InChI is InChI=1S/C19H17N3O5/c1-10(2)27-19(24)15-11(3)21-14(9-20)17(18(23)26-4)16(15)12-6-5-7-13(8-12)22-25/h5-8,10H,1-4H3. The number of benzene rings is 1. The molecule has 0 aliphatic rings. The maximum Gasteiger partial charge on any atom is 0.341 e.